The van der Waals surface area contributed by atoms with Crippen LogP contribution in [-0.2, 0) is 58.9 Å². The van der Waals surface area contributed by atoms with Gasteiger partial charge < -0.3 is 23.1 Å². The third-order valence-corrected chi connectivity index (χ3v) is 16.3. The topological polar surface area (TPSA) is 131 Å². The first-order valence-electron chi connectivity index (χ1n) is 13.0. The molecule has 0 aliphatic carbocycles. The van der Waals surface area contributed by atoms with Gasteiger partial charge in [0.15, 0.2) is 16.6 Å². The van der Waals surface area contributed by atoms with E-state index >= 15 is 0 Å². The van der Waals surface area contributed by atoms with E-state index in [1.165, 1.54) is 6.92 Å². The van der Waals surface area contributed by atoms with Crippen LogP contribution in [0.25, 0.3) is 0 Å². The first-order chi connectivity index (χ1) is 17.8. The van der Waals surface area contributed by atoms with Crippen molar-refractivity contribution in [3.05, 3.63) is 20.0 Å². The molecule has 0 N–H and O–H groups in total. The molecule has 0 spiro atoms. The fraction of sp³-hybridized carbons (Fsp3) is 0.821. The van der Waals surface area contributed by atoms with Gasteiger partial charge in [-0.25, -0.2) is 0 Å². The van der Waals surface area contributed by atoms with Crippen LogP contribution in [0.1, 0.15) is 87.5 Å². The molecule has 0 radical (unpaired) electrons. The maximum Gasteiger partial charge on any atom is 2.00 e. The second-order valence-electron chi connectivity index (χ2n) is 12.3. The van der Waals surface area contributed by atoms with Crippen LogP contribution >= 0.6 is 0 Å². The molecule has 0 aliphatic heterocycles. The van der Waals surface area contributed by atoms with Crippen LogP contribution in [0.2, 0.25) is 36.3 Å². The van der Waals surface area contributed by atoms with Crippen molar-refractivity contribution in [2.24, 2.45) is 0 Å². The molecule has 0 saturated carbocycles. The van der Waals surface area contributed by atoms with Gasteiger partial charge in [0, 0.05) is 32.5 Å². The van der Waals surface area contributed by atoms with Gasteiger partial charge in [-0.1, -0.05) is 48.0 Å². The van der Waals surface area contributed by atoms with E-state index in [0.29, 0.717) is 32.3 Å². The van der Waals surface area contributed by atoms with E-state index in [1.807, 2.05) is 6.92 Å². The van der Waals surface area contributed by atoms with Crippen LogP contribution in [0.5, 0.6) is 0 Å². The molecular formula is C28H51FeO9Si2+. The molecule has 0 heterocycles. The van der Waals surface area contributed by atoms with Crippen molar-refractivity contribution in [1.29, 1.82) is 0 Å². The van der Waals surface area contributed by atoms with E-state index in [1.54, 1.807) is 6.47 Å². The van der Waals surface area contributed by atoms with Gasteiger partial charge in [-0.3, -0.25) is 4.79 Å². The summed E-state index contributed by atoms with van der Waals surface area (Å²) in [6, 6.07) is 0. The van der Waals surface area contributed by atoms with Crippen molar-refractivity contribution in [1.82, 2.24) is 0 Å². The summed E-state index contributed by atoms with van der Waals surface area (Å²) >= 11 is 0. The van der Waals surface area contributed by atoms with Crippen LogP contribution in [0.15, 0.2) is 0 Å². The normalized spacial score (nSPS) is 13.4. The molecule has 0 aliphatic rings. The number of hydrogen-bond acceptors (Lipinski definition) is 6. The smallest absolute Gasteiger partial charge is 2.00 e. The van der Waals surface area contributed by atoms with E-state index in [2.05, 4.69) is 87.7 Å². The minimum Gasteiger partial charge on any atom is 2.00 e. The van der Waals surface area contributed by atoms with Gasteiger partial charge in [0.2, 0.25) is 0 Å². The SMILES string of the molecule is CC(=O)O[C@H](CCC[C@@H](C[C@@H](C)O[Si](C)(C)C(C)(C)C)O[C-]=O)CCO[Si](C)(C)C(C)(C)C.[C-]#[O+].[C-]#[O+].[C-]#[O+].[Fe+2]. The zero-order chi connectivity index (χ0) is 32.1. The van der Waals surface area contributed by atoms with Crippen molar-refractivity contribution >= 4 is 29.1 Å². The van der Waals surface area contributed by atoms with Crippen LogP contribution in [0, 0.1) is 20.0 Å². The Kier molecular flexibility index (Phi) is 30.0. The molecule has 12 heteroatoms. The maximum absolute atomic E-state index is 11.6. The van der Waals surface area contributed by atoms with Crippen LogP contribution < -0.4 is 0 Å². The average Bonchev–Trinajstić information content (AvgIpc) is 2.80. The minimum absolute atomic E-state index is 0. The summed E-state index contributed by atoms with van der Waals surface area (Å²) in [6.07, 6.45) is 3.00. The summed E-state index contributed by atoms with van der Waals surface area (Å²) in [5, 5.41) is 0.265. The number of rotatable bonds is 15. The standard InChI is InChI=1S/C25H51O6Si2.3CO.Fe/c1-20(31-33(11,12)25(6,7)8)18-23(28-19-26)15-13-14-22(30-21(2)27)16-17-29-32(9,10)24(3,4)5;3*1-2;/h20,22-23H,13-18H2,1-12H3;;;;/q-1;;;;+2/t20-,22-,23+;;;;/m1..../s1. The Hall–Kier alpha value is -0.967. The number of carbonyl (C=O) groups excluding carboxylic acids is 2. The van der Waals surface area contributed by atoms with Gasteiger partial charge in [0.05, 0.1) is 6.10 Å². The molecule has 0 amide bonds. The Balaban J connectivity index is -0.000000543. The second kappa shape index (κ2) is 24.6. The molecule has 0 bridgehead atoms. The summed E-state index contributed by atoms with van der Waals surface area (Å²) in [7, 11) is -3.73. The van der Waals surface area contributed by atoms with Gasteiger partial charge in [-0.2, -0.15) is 0 Å². The number of carbonyl (C=O) groups is 1. The Bertz CT molecular complexity index is 708. The average molecular weight is 644 g/mol. The third-order valence-electron chi connectivity index (χ3n) is 7.21. The maximum atomic E-state index is 11.6. The van der Waals surface area contributed by atoms with E-state index in [9.17, 15) is 9.59 Å². The van der Waals surface area contributed by atoms with E-state index < -0.39 is 16.6 Å². The number of esters is 1. The number of hydrogen-bond donors (Lipinski definition) is 0. The van der Waals surface area contributed by atoms with Crippen molar-refractivity contribution in [3.63, 3.8) is 0 Å². The van der Waals surface area contributed by atoms with Crippen LogP contribution in [0.4, 0.5) is 0 Å². The molecule has 40 heavy (non-hydrogen) atoms. The quantitative estimate of drug-likeness (QED) is 0.0851. The Morgan fingerprint density at radius 1 is 0.825 bits per heavy atom. The molecule has 0 unspecified atom stereocenters. The predicted octanol–water partition coefficient (Wildman–Crippen LogP) is 6.64. The second-order valence-corrected chi connectivity index (χ2v) is 21.9. The Labute approximate surface area is 256 Å². The fourth-order valence-corrected chi connectivity index (χ4v) is 5.64. The summed E-state index contributed by atoms with van der Waals surface area (Å²) in [5.41, 5.74) is 0. The predicted molar refractivity (Wildman–Crippen MR) is 152 cm³/mol. The van der Waals surface area contributed by atoms with E-state index in [0.717, 1.165) is 6.42 Å². The molecule has 0 saturated heterocycles. The summed E-state index contributed by atoms with van der Waals surface area (Å²) in [5.74, 6) is -0.280. The van der Waals surface area contributed by atoms with Crippen molar-refractivity contribution in [2.75, 3.05) is 6.61 Å². The molecule has 0 aromatic heterocycles. The minimum atomic E-state index is -1.89. The molecule has 0 aromatic carbocycles. The first kappa shape index (κ1) is 48.7. The van der Waals surface area contributed by atoms with E-state index in [4.69, 9.17) is 32.3 Å². The van der Waals surface area contributed by atoms with E-state index in [-0.39, 0.29) is 51.4 Å². The first-order valence-corrected chi connectivity index (χ1v) is 18.8. The van der Waals surface area contributed by atoms with Crippen LogP contribution in [-0.4, -0.2) is 54.0 Å². The van der Waals surface area contributed by atoms with Crippen molar-refractivity contribution in [3.8, 4) is 0 Å². The third kappa shape index (κ3) is 22.7. The summed E-state index contributed by atoms with van der Waals surface area (Å²) in [4.78, 5) is 22.5. The van der Waals surface area contributed by atoms with Crippen LogP contribution in [0.3, 0.4) is 0 Å². The molecule has 0 aromatic rings. The largest absolute Gasteiger partial charge is 2.00 e. The van der Waals surface area contributed by atoms with Crippen molar-refractivity contribution in [2.45, 2.75) is 142 Å². The van der Waals surface area contributed by atoms with Crippen molar-refractivity contribution < 1.29 is 58.9 Å². The summed E-state index contributed by atoms with van der Waals surface area (Å²) in [6.45, 7) is 41.3. The van der Waals surface area contributed by atoms with Gasteiger partial charge in [-0.15, -0.1) is 0 Å². The molecule has 0 rings (SSSR count). The number of ether oxygens (including phenoxy) is 2. The molecular weight excluding hydrogens is 592 g/mol. The molecule has 9 nitrogen and oxygen atoms in total. The van der Waals surface area contributed by atoms with Gasteiger partial charge in [0.1, 0.15) is 6.10 Å². The van der Waals surface area contributed by atoms with Gasteiger partial charge in [-0.05, 0) is 62.5 Å². The van der Waals surface area contributed by atoms with Gasteiger partial charge in [0.25, 0.3) is 0 Å². The molecule has 232 valence electrons. The van der Waals surface area contributed by atoms with Gasteiger partial charge >= 0.3 is 56.9 Å². The zero-order valence-corrected chi connectivity index (χ0v) is 29.6. The fourth-order valence-electron chi connectivity index (χ4n) is 3.12. The Morgan fingerprint density at radius 3 is 1.62 bits per heavy atom. The Morgan fingerprint density at radius 2 is 1.25 bits per heavy atom. The zero-order valence-electron chi connectivity index (χ0n) is 26.5. The molecule has 0 fully saturated rings. The monoisotopic (exact) mass is 643 g/mol. The molecule has 3 atom stereocenters. The summed E-state index contributed by atoms with van der Waals surface area (Å²) < 4.78 is 46.0.